The Morgan fingerprint density at radius 3 is 2.52 bits per heavy atom. The number of hydrogen-bond donors (Lipinski definition) is 2. The first-order chi connectivity index (χ1) is 14.9. The number of benzene rings is 1. The van der Waals surface area contributed by atoms with Crippen LogP contribution in [0.25, 0.3) is 0 Å². The van der Waals surface area contributed by atoms with Gasteiger partial charge in [-0.1, -0.05) is 24.3 Å². The highest BCUT2D eigenvalue weighted by molar-refractivity contribution is 5.98. The van der Waals surface area contributed by atoms with Crippen LogP contribution in [0.1, 0.15) is 34.5 Å². The van der Waals surface area contributed by atoms with Crippen LogP contribution in [0.5, 0.6) is 0 Å². The number of carbonyl (C=O) groups is 3. The van der Waals surface area contributed by atoms with Gasteiger partial charge in [-0.15, -0.1) is 0 Å². The van der Waals surface area contributed by atoms with Crippen LogP contribution in [-0.4, -0.2) is 60.0 Å². The topological polar surface area (TPSA) is 103 Å². The fourth-order valence-corrected chi connectivity index (χ4v) is 4.82. The van der Waals surface area contributed by atoms with Crippen molar-refractivity contribution >= 4 is 24.1 Å². The Hall–Kier alpha value is -3.42. The Balaban J connectivity index is 0.000000858. The van der Waals surface area contributed by atoms with Crippen LogP contribution in [0.15, 0.2) is 42.6 Å². The number of hydrogen-bond acceptors (Lipinski definition) is 5. The van der Waals surface area contributed by atoms with Crippen LogP contribution in [0.4, 0.5) is 5.82 Å². The lowest BCUT2D eigenvalue weighted by Crippen LogP contribution is -2.35. The molecule has 0 bridgehead atoms. The first-order valence-electron chi connectivity index (χ1n) is 10.3. The van der Waals surface area contributed by atoms with E-state index in [0.29, 0.717) is 17.4 Å². The second-order valence-corrected chi connectivity index (χ2v) is 7.86. The lowest BCUT2D eigenvalue weighted by Gasteiger charge is -2.30. The van der Waals surface area contributed by atoms with E-state index in [0.717, 1.165) is 25.5 Å². The molecule has 0 saturated carbocycles. The lowest BCUT2D eigenvalue weighted by molar-refractivity contribution is -0.130. The maximum atomic E-state index is 12.4. The summed E-state index contributed by atoms with van der Waals surface area (Å²) in [6.07, 6.45) is 1.73. The van der Waals surface area contributed by atoms with Gasteiger partial charge >= 0.3 is 0 Å². The summed E-state index contributed by atoms with van der Waals surface area (Å²) in [5, 5.41) is 9.59. The first-order valence-corrected chi connectivity index (χ1v) is 10.3. The molecular formula is C23H28N4O4. The van der Waals surface area contributed by atoms with Crippen LogP contribution < -0.4 is 10.2 Å². The summed E-state index contributed by atoms with van der Waals surface area (Å²) in [6.45, 7) is 5.85. The van der Waals surface area contributed by atoms with Gasteiger partial charge in [-0.2, -0.15) is 0 Å². The van der Waals surface area contributed by atoms with Gasteiger partial charge in [-0.3, -0.25) is 14.4 Å². The number of pyridine rings is 1. The average Bonchev–Trinajstić information content (AvgIpc) is 3.32. The number of amides is 2. The maximum Gasteiger partial charge on any atom is 0.290 e. The number of nitrogens with zero attached hydrogens (tertiary/aromatic N) is 3. The largest absolute Gasteiger partial charge is 0.483 e. The Kier molecular flexibility index (Phi) is 6.89. The number of rotatable bonds is 3. The van der Waals surface area contributed by atoms with E-state index in [9.17, 15) is 9.59 Å². The predicted molar refractivity (Wildman–Crippen MR) is 117 cm³/mol. The second kappa shape index (κ2) is 9.59. The molecule has 1 aromatic carbocycles. The van der Waals surface area contributed by atoms with Gasteiger partial charge in [0, 0.05) is 51.6 Å². The maximum absolute atomic E-state index is 12.4. The minimum Gasteiger partial charge on any atom is -0.483 e. The first kappa shape index (κ1) is 22.3. The molecule has 8 nitrogen and oxygen atoms in total. The molecule has 3 atom stereocenters. The summed E-state index contributed by atoms with van der Waals surface area (Å²) in [4.78, 5) is 41.7. The highest BCUT2D eigenvalue weighted by atomic mass is 16.3. The lowest BCUT2D eigenvalue weighted by atomic mass is 9.87. The van der Waals surface area contributed by atoms with Gasteiger partial charge in [0.15, 0.2) is 0 Å². The number of carboxylic acid groups (broad SMARTS) is 1. The van der Waals surface area contributed by atoms with E-state index in [1.165, 1.54) is 11.1 Å². The quantitative estimate of drug-likeness (QED) is 0.732. The number of aromatic nitrogens is 1. The Labute approximate surface area is 181 Å². The zero-order valence-corrected chi connectivity index (χ0v) is 18.0. The van der Waals surface area contributed by atoms with Gasteiger partial charge in [0.2, 0.25) is 5.91 Å². The van der Waals surface area contributed by atoms with Crippen LogP contribution in [0.2, 0.25) is 0 Å². The number of aryl methyl sites for hydroxylation is 1. The predicted octanol–water partition coefficient (Wildman–Crippen LogP) is 2.11. The highest BCUT2D eigenvalue weighted by Gasteiger charge is 2.49. The molecule has 0 aliphatic carbocycles. The van der Waals surface area contributed by atoms with Crippen molar-refractivity contribution in [1.82, 2.24) is 15.2 Å². The van der Waals surface area contributed by atoms with Crippen LogP contribution in [0.3, 0.4) is 0 Å². The minimum absolute atomic E-state index is 0.0702. The fourth-order valence-electron chi connectivity index (χ4n) is 4.82. The van der Waals surface area contributed by atoms with E-state index in [-0.39, 0.29) is 24.3 Å². The molecule has 2 fully saturated rings. The van der Waals surface area contributed by atoms with Crippen molar-refractivity contribution < 1.29 is 19.5 Å². The molecule has 0 radical (unpaired) electrons. The van der Waals surface area contributed by atoms with Crippen molar-refractivity contribution in [3.05, 3.63) is 59.3 Å². The van der Waals surface area contributed by atoms with E-state index < -0.39 is 0 Å². The summed E-state index contributed by atoms with van der Waals surface area (Å²) >= 11 is 0. The Bertz CT molecular complexity index is 964. The van der Waals surface area contributed by atoms with Crippen LogP contribution in [0, 0.1) is 18.8 Å². The monoisotopic (exact) mass is 424 g/mol. The Morgan fingerprint density at radius 1 is 1.16 bits per heavy atom. The minimum atomic E-state index is -0.250. The van der Waals surface area contributed by atoms with Crippen molar-refractivity contribution in [3.63, 3.8) is 0 Å². The van der Waals surface area contributed by atoms with Gasteiger partial charge in [-0.05, 0) is 30.2 Å². The molecule has 1 aromatic heterocycles. The number of anilines is 1. The summed E-state index contributed by atoms with van der Waals surface area (Å²) in [7, 11) is 1.64. The third kappa shape index (κ3) is 4.38. The third-order valence-corrected chi connectivity index (χ3v) is 6.13. The molecular weight excluding hydrogens is 396 g/mol. The van der Waals surface area contributed by atoms with Crippen LogP contribution >= 0.6 is 0 Å². The smallest absolute Gasteiger partial charge is 0.290 e. The van der Waals surface area contributed by atoms with Gasteiger partial charge < -0.3 is 20.2 Å². The molecule has 0 spiro atoms. The molecule has 2 N–H and O–H groups in total. The highest BCUT2D eigenvalue weighted by Crippen LogP contribution is 2.46. The van der Waals surface area contributed by atoms with E-state index in [1.807, 2.05) is 23.1 Å². The van der Waals surface area contributed by atoms with Crippen molar-refractivity contribution in [1.29, 1.82) is 0 Å². The van der Waals surface area contributed by atoms with E-state index in [1.54, 1.807) is 26.2 Å². The molecule has 3 heterocycles. The molecule has 164 valence electrons. The van der Waals surface area contributed by atoms with Crippen molar-refractivity contribution in [3.8, 4) is 0 Å². The van der Waals surface area contributed by atoms with E-state index in [4.69, 9.17) is 9.90 Å². The number of carbonyl (C=O) groups excluding carboxylic acids is 2. The summed E-state index contributed by atoms with van der Waals surface area (Å²) in [5.41, 5.74) is 3.03. The number of nitrogens with one attached hydrogen (secondary N) is 1. The zero-order chi connectivity index (χ0) is 22.5. The van der Waals surface area contributed by atoms with E-state index in [2.05, 4.69) is 34.3 Å². The molecule has 4 rings (SSSR count). The number of fused-ring (bicyclic) bond motifs is 1. The van der Waals surface area contributed by atoms with Crippen LogP contribution in [-0.2, 0) is 9.59 Å². The summed E-state index contributed by atoms with van der Waals surface area (Å²) in [5.74, 6) is 1.42. The molecule has 2 aliphatic rings. The van der Waals surface area contributed by atoms with Crippen molar-refractivity contribution in [2.45, 2.75) is 19.9 Å². The standard InChI is InChI=1S/C22H26N4O2.CH2O2/c1-14-7-4-5-8-17(14)20-19-13-25(11-16(19)12-26(20)15(2)27)21-18(22(28)23-3)9-6-10-24-21;2-1-3/h4-10,16,19-20H,11-13H2,1-3H3,(H,23,28);1H,(H,2,3)/t16-,19-,20+;/m1./s1. The second-order valence-electron chi connectivity index (χ2n) is 7.86. The molecule has 2 aromatic rings. The van der Waals surface area contributed by atoms with Crippen molar-refractivity contribution in [2.75, 3.05) is 31.6 Å². The molecule has 0 unspecified atom stereocenters. The van der Waals surface area contributed by atoms with Gasteiger partial charge in [0.25, 0.3) is 12.4 Å². The molecule has 2 saturated heterocycles. The van der Waals surface area contributed by atoms with E-state index >= 15 is 0 Å². The number of likely N-dealkylation sites (tertiary alicyclic amines) is 1. The summed E-state index contributed by atoms with van der Waals surface area (Å²) < 4.78 is 0. The van der Waals surface area contributed by atoms with Gasteiger partial charge in [0.1, 0.15) is 5.82 Å². The molecule has 8 heteroatoms. The molecule has 2 amide bonds. The summed E-state index contributed by atoms with van der Waals surface area (Å²) in [6, 6.07) is 12.0. The van der Waals surface area contributed by atoms with Crippen molar-refractivity contribution in [2.24, 2.45) is 11.8 Å². The van der Waals surface area contributed by atoms with Gasteiger partial charge in [-0.25, -0.2) is 4.98 Å². The normalized spacial score (nSPS) is 21.7. The van der Waals surface area contributed by atoms with Gasteiger partial charge in [0.05, 0.1) is 11.6 Å². The average molecular weight is 425 g/mol. The molecule has 2 aliphatic heterocycles. The fraction of sp³-hybridized carbons (Fsp3) is 0.391. The zero-order valence-electron chi connectivity index (χ0n) is 18.0. The Morgan fingerprint density at radius 2 is 1.87 bits per heavy atom. The SMILES string of the molecule is CNC(=O)c1cccnc1N1C[C@@H]2CN(C(C)=O)[C@@H](c3ccccc3C)[C@@H]2C1.O=CO. The third-order valence-electron chi connectivity index (χ3n) is 6.13. The molecule has 31 heavy (non-hydrogen) atoms.